The zero-order valence-corrected chi connectivity index (χ0v) is 14.0. The van der Waals surface area contributed by atoms with Gasteiger partial charge >= 0.3 is 0 Å². The van der Waals surface area contributed by atoms with Gasteiger partial charge in [0.25, 0.3) is 0 Å². The average Bonchev–Trinajstić information content (AvgIpc) is 3.25. The van der Waals surface area contributed by atoms with E-state index in [9.17, 15) is 0 Å². The number of guanidine groups is 1. The Bertz CT molecular complexity index is 472. The minimum Gasteiger partial charge on any atom is -0.375 e. The molecule has 3 heterocycles. The normalized spacial score (nSPS) is 26.4. The van der Waals surface area contributed by atoms with Crippen LogP contribution in [0.3, 0.4) is 0 Å². The van der Waals surface area contributed by atoms with E-state index in [4.69, 9.17) is 9.47 Å². The summed E-state index contributed by atoms with van der Waals surface area (Å²) in [5, 5.41) is 5.60. The highest BCUT2D eigenvalue weighted by atomic mass is 32.1. The van der Waals surface area contributed by atoms with E-state index in [1.165, 1.54) is 4.88 Å². The van der Waals surface area contributed by atoms with Gasteiger partial charge in [0.15, 0.2) is 5.96 Å². The average molecular weight is 323 g/mol. The first-order chi connectivity index (χ1) is 10.9. The molecule has 6 heteroatoms. The molecule has 1 aromatic heterocycles. The predicted octanol–water partition coefficient (Wildman–Crippen LogP) is 1.75. The molecular weight excluding hydrogens is 298 g/mol. The maximum atomic E-state index is 5.90. The van der Waals surface area contributed by atoms with Crippen molar-refractivity contribution in [2.75, 3.05) is 39.9 Å². The predicted molar refractivity (Wildman–Crippen MR) is 89.7 cm³/mol. The number of rotatable bonds is 4. The quantitative estimate of drug-likeness (QED) is 0.677. The Hall–Kier alpha value is -1.11. The summed E-state index contributed by atoms with van der Waals surface area (Å²) in [6.45, 7) is 4.29. The van der Waals surface area contributed by atoms with Gasteiger partial charge < -0.3 is 19.7 Å². The molecule has 0 saturated carbocycles. The summed E-state index contributed by atoms with van der Waals surface area (Å²) >= 11 is 1.80. The van der Waals surface area contributed by atoms with Gasteiger partial charge in [0.05, 0.1) is 12.7 Å². The number of nitrogens with zero attached hydrogens (tertiary/aromatic N) is 2. The lowest BCUT2D eigenvalue weighted by Gasteiger charge is -2.37. The molecule has 2 aliphatic rings. The zero-order chi connectivity index (χ0) is 15.2. The third-order valence-corrected chi connectivity index (χ3v) is 5.16. The Morgan fingerprint density at radius 2 is 2.32 bits per heavy atom. The van der Waals surface area contributed by atoms with Crippen molar-refractivity contribution in [1.29, 1.82) is 0 Å². The number of thiophene rings is 1. The molecule has 2 saturated heterocycles. The second-order valence-electron chi connectivity index (χ2n) is 5.71. The van der Waals surface area contributed by atoms with Gasteiger partial charge in [-0.2, -0.15) is 0 Å². The van der Waals surface area contributed by atoms with Crippen LogP contribution in [0.15, 0.2) is 22.5 Å². The van der Waals surface area contributed by atoms with E-state index in [0.29, 0.717) is 0 Å². The first-order valence-corrected chi connectivity index (χ1v) is 8.96. The van der Waals surface area contributed by atoms with Crippen molar-refractivity contribution in [3.05, 3.63) is 22.4 Å². The summed E-state index contributed by atoms with van der Waals surface area (Å²) in [6, 6.07) is 4.28. The molecule has 0 bridgehead atoms. The number of morpholine rings is 1. The zero-order valence-electron chi connectivity index (χ0n) is 13.2. The fourth-order valence-electron chi connectivity index (χ4n) is 3.07. The van der Waals surface area contributed by atoms with Gasteiger partial charge in [-0.15, -0.1) is 11.3 Å². The van der Waals surface area contributed by atoms with Gasteiger partial charge in [-0.1, -0.05) is 6.07 Å². The van der Waals surface area contributed by atoms with Crippen LogP contribution < -0.4 is 5.32 Å². The molecule has 2 unspecified atom stereocenters. The molecule has 3 rings (SSSR count). The fraction of sp³-hybridized carbons (Fsp3) is 0.688. The molecule has 2 atom stereocenters. The monoisotopic (exact) mass is 323 g/mol. The van der Waals surface area contributed by atoms with Crippen LogP contribution in [0.2, 0.25) is 0 Å². The van der Waals surface area contributed by atoms with Gasteiger partial charge in [-0.25, -0.2) is 0 Å². The van der Waals surface area contributed by atoms with Crippen LogP contribution in [0.25, 0.3) is 0 Å². The second-order valence-corrected chi connectivity index (χ2v) is 6.74. The van der Waals surface area contributed by atoms with Gasteiger partial charge in [0, 0.05) is 38.2 Å². The van der Waals surface area contributed by atoms with Gasteiger partial charge in [0.2, 0.25) is 0 Å². The molecule has 1 aromatic rings. The number of hydrogen-bond donors (Lipinski definition) is 1. The Kier molecular flexibility index (Phi) is 5.70. The molecule has 0 aliphatic carbocycles. The lowest BCUT2D eigenvalue weighted by Crippen LogP contribution is -2.53. The molecule has 122 valence electrons. The minimum absolute atomic E-state index is 0.173. The summed E-state index contributed by atoms with van der Waals surface area (Å²) in [6.07, 6.45) is 3.73. The molecule has 1 N–H and O–H groups in total. The number of aliphatic imine (C=N–C) groups is 1. The largest absolute Gasteiger partial charge is 0.375 e. The number of nitrogens with one attached hydrogen (secondary N) is 1. The molecule has 0 spiro atoms. The highest BCUT2D eigenvalue weighted by Crippen LogP contribution is 2.21. The molecule has 2 fully saturated rings. The van der Waals surface area contributed by atoms with E-state index < -0.39 is 0 Å². The van der Waals surface area contributed by atoms with Crippen molar-refractivity contribution in [3.63, 3.8) is 0 Å². The highest BCUT2D eigenvalue weighted by Gasteiger charge is 2.32. The van der Waals surface area contributed by atoms with Crippen molar-refractivity contribution in [1.82, 2.24) is 10.2 Å². The third-order valence-electron chi connectivity index (χ3n) is 4.22. The topological polar surface area (TPSA) is 46.1 Å². The minimum atomic E-state index is 0.173. The fourth-order valence-corrected chi connectivity index (χ4v) is 3.78. The van der Waals surface area contributed by atoms with E-state index in [1.807, 2.05) is 7.05 Å². The Balaban J connectivity index is 1.49. The summed E-state index contributed by atoms with van der Waals surface area (Å²) in [4.78, 5) is 8.13. The summed E-state index contributed by atoms with van der Waals surface area (Å²) < 4.78 is 11.7. The van der Waals surface area contributed by atoms with E-state index in [2.05, 4.69) is 32.7 Å². The van der Waals surface area contributed by atoms with Crippen LogP contribution in [-0.2, 0) is 15.9 Å². The molecular formula is C16H25N3O2S. The van der Waals surface area contributed by atoms with Crippen LogP contribution in [0.1, 0.15) is 17.7 Å². The Morgan fingerprint density at radius 1 is 1.41 bits per heavy atom. The van der Waals surface area contributed by atoms with Crippen molar-refractivity contribution >= 4 is 17.3 Å². The SMILES string of the molecule is CN=C(NCCc1cccs1)N1CCOC(C2CCCO2)C1. The van der Waals surface area contributed by atoms with E-state index >= 15 is 0 Å². The molecule has 0 radical (unpaired) electrons. The summed E-state index contributed by atoms with van der Waals surface area (Å²) in [7, 11) is 1.85. The van der Waals surface area contributed by atoms with Crippen molar-refractivity contribution in [2.24, 2.45) is 4.99 Å². The van der Waals surface area contributed by atoms with Gasteiger partial charge in [0.1, 0.15) is 6.10 Å². The Labute approximate surface area is 136 Å². The van der Waals surface area contributed by atoms with Gasteiger partial charge in [-0.05, 0) is 30.7 Å². The molecule has 2 aliphatic heterocycles. The first kappa shape index (κ1) is 15.8. The van der Waals surface area contributed by atoms with E-state index in [0.717, 1.165) is 58.1 Å². The van der Waals surface area contributed by atoms with Crippen LogP contribution in [0.5, 0.6) is 0 Å². The summed E-state index contributed by atoms with van der Waals surface area (Å²) in [5.74, 6) is 0.975. The maximum Gasteiger partial charge on any atom is 0.193 e. The highest BCUT2D eigenvalue weighted by molar-refractivity contribution is 7.09. The van der Waals surface area contributed by atoms with Crippen LogP contribution in [-0.4, -0.2) is 63.0 Å². The van der Waals surface area contributed by atoms with Crippen molar-refractivity contribution in [2.45, 2.75) is 31.5 Å². The smallest absolute Gasteiger partial charge is 0.193 e. The second kappa shape index (κ2) is 7.94. The first-order valence-electron chi connectivity index (χ1n) is 8.08. The molecule has 5 nitrogen and oxygen atoms in total. The molecule has 0 aromatic carbocycles. The molecule has 0 amide bonds. The Morgan fingerprint density at radius 3 is 3.05 bits per heavy atom. The van der Waals surface area contributed by atoms with Crippen molar-refractivity contribution < 1.29 is 9.47 Å². The lowest BCUT2D eigenvalue weighted by atomic mass is 10.1. The van der Waals surface area contributed by atoms with Crippen LogP contribution in [0, 0.1) is 0 Å². The summed E-state index contributed by atoms with van der Waals surface area (Å²) in [5.41, 5.74) is 0. The molecule has 22 heavy (non-hydrogen) atoms. The van der Waals surface area contributed by atoms with E-state index in [-0.39, 0.29) is 12.2 Å². The lowest BCUT2D eigenvalue weighted by molar-refractivity contribution is -0.0816. The van der Waals surface area contributed by atoms with Crippen LogP contribution >= 0.6 is 11.3 Å². The number of ether oxygens (including phenoxy) is 2. The number of hydrogen-bond acceptors (Lipinski definition) is 4. The van der Waals surface area contributed by atoms with Crippen molar-refractivity contribution in [3.8, 4) is 0 Å². The maximum absolute atomic E-state index is 5.90. The standard InChI is InChI=1S/C16H25N3O2S/c1-17-16(18-7-6-13-4-3-11-22-13)19-8-10-21-15(12-19)14-5-2-9-20-14/h3-4,11,14-15H,2,5-10,12H2,1H3,(H,17,18). The third kappa shape index (κ3) is 4.00. The van der Waals surface area contributed by atoms with E-state index in [1.54, 1.807) is 11.3 Å². The van der Waals surface area contributed by atoms with Crippen LogP contribution in [0.4, 0.5) is 0 Å². The van der Waals surface area contributed by atoms with Gasteiger partial charge in [-0.3, -0.25) is 4.99 Å².